The van der Waals surface area contributed by atoms with Gasteiger partial charge in [-0.25, -0.2) is 23.3 Å². The molecule has 2 saturated carbocycles. The first-order valence-corrected chi connectivity index (χ1v) is 13.2. The van der Waals surface area contributed by atoms with Crippen LogP contribution >= 0.6 is 0 Å². The minimum atomic E-state index is -4.42. The number of nitrogens with zero attached hydrogens (tertiary/aromatic N) is 5. The van der Waals surface area contributed by atoms with Crippen molar-refractivity contribution in [3.8, 4) is 0 Å². The van der Waals surface area contributed by atoms with E-state index < -0.39 is 48.7 Å². The van der Waals surface area contributed by atoms with Crippen LogP contribution in [0, 0.1) is 11.8 Å². The third-order valence-corrected chi connectivity index (χ3v) is 7.75. The lowest BCUT2D eigenvalue weighted by molar-refractivity contribution is -0.144. The van der Waals surface area contributed by atoms with Crippen LogP contribution in [0.3, 0.4) is 0 Å². The number of aryl methyl sites for hydroxylation is 1. The SMILES string of the molecule is Cn1cc([C@@H](c2cn3ncc([C@H](NC(=O)CCC(F)(F)F)C4CC4)cc3n2)C2CCC(F)(F)CC2)nc1C(N)=O. The van der Waals surface area contributed by atoms with Gasteiger partial charge in [-0.2, -0.15) is 18.3 Å². The van der Waals surface area contributed by atoms with Crippen molar-refractivity contribution in [3.63, 3.8) is 0 Å². The number of nitrogens with two attached hydrogens (primary N) is 1. The largest absolute Gasteiger partial charge is 0.389 e. The van der Waals surface area contributed by atoms with Gasteiger partial charge in [-0.3, -0.25) is 9.59 Å². The van der Waals surface area contributed by atoms with Crippen LogP contribution in [-0.2, 0) is 11.8 Å². The lowest BCUT2D eigenvalue weighted by atomic mass is 9.76. The fourth-order valence-electron chi connectivity index (χ4n) is 5.53. The second kappa shape index (κ2) is 10.4. The molecule has 0 aromatic carbocycles. The van der Waals surface area contributed by atoms with Gasteiger partial charge in [0, 0.05) is 38.4 Å². The van der Waals surface area contributed by atoms with Gasteiger partial charge in [0.05, 0.1) is 36.2 Å². The molecule has 2 atom stereocenters. The molecule has 2 aliphatic carbocycles. The van der Waals surface area contributed by atoms with Gasteiger partial charge in [0.25, 0.3) is 5.91 Å². The molecule has 3 aromatic rings. The number of aromatic nitrogens is 5. The molecule has 3 heterocycles. The summed E-state index contributed by atoms with van der Waals surface area (Å²) in [5.41, 5.74) is 7.53. The molecule has 0 bridgehead atoms. The van der Waals surface area contributed by atoms with E-state index in [0.717, 1.165) is 12.8 Å². The maximum absolute atomic E-state index is 14.0. The Bertz CT molecular complexity index is 1400. The Morgan fingerprint density at radius 1 is 1.10 bits per heavy atom. The van der Waals surface area contributed by atoms with Crippen LogP contribution in [0.25, 0.3) is 5.65 Å². The molecular formula is C26H30F5N7O2. The molecule has 0 saturated heterocycles. The summed E-state index contributed by atoms with van der Waals surface area (Å²) in [6, 6.07) is 1.23. The number of carbonyl (C=O) groups is 2. The molecule has 2 aliphatic rings. The van der Waals surface area contributed by atoms with Crippen molar-refractivity contribution in [2.24, 2.45) is 24.6 Å². The van der Waals surface area contributed by atoms with Gasteiger partial charge >= 0.3 is 6.18 Å². The highest BCUT2D eigenvalue weighted by molar-refractivity contribution is 5.89. The highest BCUT2D eigenvalue weighted by Gasteiger charge is 2.40. The average Bonchev–Trinajstić information content (AvgIpc) is 3.51. The molecule has 216 valence electrons. The third kappa shape index (κ3) is 6.25. The molecule has 5 rings (SSSR count). The summed E-state index contributed by atoms with van der Waals surface area (Å²) in [4.78, 5) is 33.3. The van der Waals surface area contributed by atoms with Crippen LogP contribution < -0.4 is 11.1 Å². The third-order valence-electron chi connectivity index (χ3n) is 7.75. The smallest absolute Gasteiger partial charge is 0.363 e. The Hall–Kier alpha value is -3.58. The van der Waals surface area contributed by atoms with Crippen molar-refractivity contribution >= 4 is 17.5 Å². The normalized spacial score (nSPS) is 19.4. The highest BCUT2D eigenvalue weighted by atomic mass is 19.4. The summed E-state index contributed by atoms with van der Waals surface area (Å²) in [5.74, 6) is -4.72. The molecule has 2 fully saturated rings. The van der Waals surface area contributed by atoms with Crippen molar-refractivity contribution in [1.29, 1.82) is 0 Å². The summed E-state index contributed by atoms with van der Waals surface area (Å²) in [6.45, 7) is 0. The highest BCUT2D eigenvalue weighted by Crippen LogP contribution is 2.45. The number of primary amides is 1. The summed E-state index contributed by atoms with van der Waals surface area (Å²) in [5, 5.41) is 7.15. The van der Waals surface area contributed by atoms with E-state index in [0.29, 0.717) is 22.6 Å². The second-order valence-corrected chi connectivity index (χ2v) is 10.9. The van der Waals surface area contributed by atoms with Crippen molar-refractivity contribution < 1.29 is 31.5 Å². The van der Waals surface area contributed by atoms with Gasteiger partial charge in [0.1, 0.15) is 0 Å². The summed E-state index contributed by atoms with van der Waals surface area (Å²) >= 11 is 0. The van der Waals surface area contributed by atoms with E-state index >= 15 is 0 Å². The Labute approximate surface area is 226 Å². The molecule has 0 unspecified atom stereocenters. The molecule has 0 radical (unpaired) electrons. The first-order chi connectivity index (χ1) is 18.8. The topological polar surface area (TPSA) is 120 Å². The van der Waals surface area contributed by atoms with E-state index in [-0.39, 0.29) is 43.3 Å². The maximum atomic E-state index is 14.0. The van der Waals surface area contributed by atoms with Gasteiger partial charge in [-0.15, -0.1) is 0 Å². The van der Waals surface area contributed by atoms with Gasteiger partial charge in [-0.05, 0) is 49.1 Å². The number of hydrogen-bond acceptors (Lipinski definition) is 5. The number of rotatable bonds is 9. The second-order valence-electron chi connectivity index (χ2n) is 10.9. The van der Waals surface area contributed by atoms with Crippen LogP contribution in [0.2, 0.25) is 0 Å². The van der Waals surface area contributed by atoms with Crippen LogP contribution in [0.4, 0.5) is 22.0 Å². The predicted molar refractivity (Wildman–Crippen MR) is 132 cm³/mol. The molecule has 0 aliphatic heterocycles. The number of alkyl halides is 5. The number of carbonyl (C=O) groups excluding carboxylic acids is 2. The monoisotopic (exact) mass is 567 g/mol. The van der Waals surface area contributed by atoms with Gasteiger partial charge in [-0.1, -0.05) is 0 Å². The van der Waals surface area contributed by atoms with Gasteiger partial charge in [0.2, 0.25) is 11.8 Å². The van der Waals surface area contributed by atoms with Crippen molar-refractivity contribution in [1.82, 2.24) is 29.5 Å². The summed E-state index contributed by atoms with van der Waals surface area (Å²) in [6.07, 6.45) is 0.198. The molecular weight excluding hydrogens is 537 g/mol. The predicted octanol–water partition coefficient (Wildman–Crippen LogP) is 4.43. The summed E-state index contributed by atoms with van der Waals surface area (Å²) in [7, 11) is 1.63. The minimum absolute atomic E-state index is 0.0406. The number of imidazole rings is 2. The number of amides is 2. The molecule has 3 aromatic heterocycles. The first-order valence-electron chi connectivity index (χ1n) is 13.2. The van der Waals surface area contributed by atoms with E-state index in [1.165, 1.54) is 9.08 Å². The van der Waals surface area contributed by atoms with E-state index in [1.54, 1.807) is 31.7 Å². The number of nitrogens with one attached hydrogen (secondary N) is 1. The first kappa shape index (κ1) is 28.0. The van der Waals surface area contributed by atoms with E-state index in [4.69, 9.17) is 10.7 Å². The Balaban J connectivity index is 1.45. The molecule has 0 spiro atoms. The fraction of sp³-hybridized carbons (Fsp3) is 0.577. The minimum Gasteiger partial charge on any atom is -0.363 e. The zero-order chi connectivity index (χ0) is 28.8. The summed E-state index contributed by atoms with van der Waals surface area (Å²) < 4.78 is 68.7. The number of fused-ring (bicyclic) bond motifs is 1. The molecule has 9 nitrogen and oxygen atoms in total. The Kier molecular flexibility index (Phi) is 7.29. The number of hydrogen-bond donors (Lipinski definition) is 2. The molecule has 14 heteroatoms. The van der Waals surface area contributed by atoms with Crippen molar-refractivity contribution in [3.05, 3.63) is 47.4 Å². The lowest BCUT2D eigenvalue weighted by Crippen LogP contribution is -2.30. The van der Waals surface area contributed by atoms with Gasteiger partial charge in [0.15, 0.2) is 11.5 Å². The quantitative estimate of drug-likeness (QED) is 0.371. The van der Waals surface area contributed by atoms with Crippen molar-refractivity contribution in [2.75, 3.05) is 0 Å². The Morgan fingerprint density at radius 2 is 1.77 bits per heavy atom. The van der Waals surface area contributed by atoms with Crippen LogP contribution in [0.1, 0.15) is 90.9 Å². The van der Waals surface area contributed by atoms with E-state index in [2.05, 4.69) is 15.4 Å². The zero-order valence-electron chi connectivity index (χ0n) is 21.8. The fourth-order valence-corrected chi connectivity index (χ4v) is 5.53. The Morgan fingerprint density at radius 3 is 2.38 bits per heavy atom. The molecule has 40 heavy (non-hydrogen) atoms. The van der Waals surface area contributed by atoms with Crippen LogP contribution in [0.5, 0.6) is 0 Å². The standard InChI is InChI=1S/C26H30F5N7O2/c1-37-12-17(35-24(37)23(32)40)21(14-4-7-25(27,28)8-5-14)18-13-38-19(34-18)10-16(11-33-38)22(15-2-3-15)36-20(39)6-9-26(29,30)31/h10-15,21-22H,2-9H2,1H3,(H2,32,40)(H,36,39)/t21-,22+/m0/s1. The van der Waals surface area contributed by atoms with Crippen LogP contribution in [0.15, 0.2) is 24.7 Å². The number of halogens is 5. The van der Waals surface area contributed by atoms with Gasteiger partial charge < -0.3 is 15.6 Å². The maximum Gasteiger partial charge on any atom is 0.389 e. The average molecular weight is 568 g/mol. The molecule has 3 N–H and O–H groups in total. The van der Waals surface area contributed by atoms with Crippen LogP contribution in [-0.4, -0.2) is 48.1 Å². The van der Waals surface area contributed by atoms with Crippen molar-refractivity contribution in [2.45, 2.75) is 75.4 Å². The molecule has 2 amide bonds. The van der Waals surface area contributed by atoms with E-state index in [1.807, 2.05) is 0 Å². The van der Waals surface area contributed by atoms with E-state index in [9.17, 15) is 31.5 Å². The lowest BCUT2D eigenvalue weighted by Gasteiger charge is -2.32. The zero-order valence-corrected chi connectivity index (χ0v) is 21.8.